The molecule has 0 aliphatic carbocycles. The summed E-state index contributed by atoms with van der Waals surface area (Å²) < 4.78 is 0. The molecule has 4 nitrogen and oxygen atoms in total. The Morgan fingerprint density at radius 1 is 1.54 bits per heavy atom. The number of likely N-dealkylation sites (N-methyl/N-ethyl adjacent to an activating group) is 2. The minimum absolute atomic E-state index is 0.0623. The largest absolute Gasteiger partial charge is 0.303 e. The molecule has 0 aromatic heterocycles. The van der Waals surface area contributed by atoms with E-state index in [1.54, 1.807) is 0 Å². The molecule has 13 heavy (non-hydrogen) atoms. The van der Waals surface area contributed by atoms with Crippen molar-refractivity contribution in [2.75, 3.05) is 33.7 Å². The molecule has 0 bridgehead atoms. The van der Waals surface area contributed by atoms with Gasteiger partial charge in [0.15, 0.2) is 0 Å². The van der Waals surface area contributed by atoms with Gasteiger partial charge >= 0.3 is 0 Å². The smallest absolute Gasteiger partial charge is 0.0981 e. The lowest BCUT2D eigenvalue weighted by Crippen LogP contribution is -2.59. The van der Waals surface area contributed by atoms with E-state index in [9.17, 15) is 0 Å². The third-order valence-corrected chi connectivity index (χ3v) is 2.64. The van der Waals surface area contributed by atoms with Gasteiger partial charge in [-0.05, 0) is 14.1 Å². The number of nitrogens with zero attached hydrogens (tertiary/aromatic N) is 2. The summed E-state index contributed by atoms with van der Waals surface area (Å²) in [5.41, 5.74) is 2.67. The van der Waals surface area contributed by atoms with Crippen LogP contribution in [0.3, 0.4) is 0 Å². The molecule has 1 aliphatic rings. The Morgan fingerprint density at radius 3 is 2.77 bits per heavy atom. The summed E-state index contributed by atoms with van der Waals surface area (Å²) >= 11 is 0. The number of hydrazine groups is 1. The number of nitrogens with one attached hydrogen (secondary N) is 1. The predicted molar refractivity (Wildman–Crippen MR) is 53.9 cm³/mol. The first-order valence-corrected chi connectivity index (χ1v) is 4.50. The second-order valence-corrected chi connectivity index (χ2v) is 3.62. The van der Waals surface area contributed by atoms with E-state index in [0.29, 0.717) is 6.04 Å². The van der Waals surface area contributed by atoms with E-state index in [0.717, 1.165) is 19.6 Å². The Morgan fingerprint density at radius 2 is 2.23 bits per heavy atom. The molecule has 1 aliphatic heterocycles. The fourth-order valence-corrected chi connectivity index (χ4v) is 1.67. The van der Waals surface area contributed by atoms with E-state index in [1.807, 2.05) is 0 Å². The summed E-state index contributed by atoms with van der Waals surface area (Å²) in [5, 5.41) is 0. The molecule has 4 heteroatoms. The van der Waals surface area contributed by atoms with Crippen molar-refractivity contribution >= 4 is 0 Å². The van der Waals surface area contributed by atoms with Crippen molar-refractivity contribution in [2.45, 2.75) is 12.1 Å². The Balaban J connectivity index is 2.60. The minimum Gasteiger partial charge on any atom is -0.303 e. The molecule has 0 aromatic carbocycles. The van der Waals surface area contributed by atoms with Crippen LogP contribution in [0.2, 0.25) is 0 Å². The van der Waals surface area contributed by atoms with Gasteiger partial charge in [0, 0.05) is 25.7 Å². The van der Waals surface area contributed by atoms with Crippen molar-refractivity contribution < 1.29 is 0 Å². The highest BCUT2D eigenvalue weighted by atomic mass is 15.3. The van der Waals surface area contributed by atoms with E-state index in [-0.39, 0.29) is 6.04 Å². The maximum atomic E-state index is 5.38. The van der Waals surface area contributed by atoms with E-state index in [4.69, 9.17) is 12.3 Å². The molecule has 74 valence electrons. The van der Waals surface area contributed by atoms with Gasteiger partial charge in [0.25, 0.3) is 0 Å². The molecule has 2 atom stereocenters. The molecular weight excluding hydrogens is 164 g/mol. The lowest BCUT2D eigenvalue weighted by molar-refractivity contribution is 0.101. The summed E-state index contributed by atoms with van der Waals surface area (Å²) in [4.78, 5) is 4.52. The first-order chi connectivity index (χ1) is 6.19. The summed E-state index contributed by atoms with van der Waals surface area (Å²) in [7, 11) is 4.18. The van der Waals surface area contributed by atoms with Crippen molar-refractivity contribution in [3.05, 3.63) is 0 Å². The average Bonchev–Trinajstić information content (AvgIpc) is 2.13. The molecule has 0 saturated carbocycles. The van der Waals surface area contributed by atoms with Crippen molar-refractivity contribution in [3.63, 3.8) is 0 Å². The van der Waals surface area contributed by atoms with Gasteiger partial charge in [0.2, 0.25) is 0 Å². The molecule has 0 aromatic rings. The summed E-state index contributed by atoms with van der Waals surface area (Å²) in [6.07, 6.45) is 5.38. The number of rotatable bonds is 2. The minimum atomic E-state index is -0.0623. The van der Waals surface area contributed by atoms with Crippen LogP contribution in [0.15, 0.2) is 0 Å². The highest BCUT2D eigenvalue weighted by molar-refractivity contribution is 5.06. The number of hydrogen-bond donors (Lipinski definition) is 2. The molecule has 1 fully saturated rings. The maximum absolute atomic E-state index is 5.38. The van der Waals surface area contributed by atoms with Crippen LogP contribution in [0.5, 0.6) is 0 Å². The Hall–Kier alpha value is -0.600. The topological polar surface area (TPSA) is 44.5 Å². The van der Waals surface area contributed by atoms with Crippen LogP contribution < -0.4 is 11.3 Å². The lowest BCUT2D eigenvalue weighted by Gasteiger charge is -2.40. The fraction of sp³-hybridized carbons (Fsp3) is 0.778. The van der Waals surface area contributed by atoms with Crippen LogP contribution in [0.25, 0.3) is 0 Å². The van der Waals surface area contributed by atoms with Gasteiger partial charge < -0.3 is 4.90 Å². The first-order valence-electron chi connectivity index (χ1n) is 4.50. The molecule has 0 amide bonds. The normalized spacial score (nSPS) is 28.3. The second kappa shape index (κ2) is 4.58. The van der Waals surface area contributed by atoms with Crippen LogP contribution in [-0.2, 0) is 0 Å². The average molecular weight is 182 g/mol. The molecule has 0 radical (unpaired) electrons. The van der Waals surface area contributed by atoms with Crippen LogP contribution in [-0.4, -0.2) is 55.6 Å². The molecule has 2 unspecified atom stereocenters. The van der Waals surface area contributed by atoms with Crippen LogP contribution in [0, 0.1) is 12.3 Å². The molecule has 1 rings (SSSR count). The number of nitrogens with two attached hydrogens (primary N) is 1. The van der Waals surface area contributed by atoms with Crippen molar-refractivity contribution in [1.82, 2.24) is 15.2 Å². The van der Waals surface area contributed by atoms with E-state index in [1.165, 1.54) is 0 Å². The van der Waals surface area contributed by atoms with Gasteiger partial charge in [0.1, 0.15) is 0 Å². The highest BCUT2D eigenvalue weighted by Crippen LogP contribution is 2.08. The van der Waals surface area contributed by atoms with E-state index < -0.39 is 0 Å². The Kier molecular flexibility index (Phi) is 3.70. The van der Waals surface area contributed by atoms with Crippen LogP contribution in [0.1, 0.15) is 0 Å². The quantitative estimate of drug-likeness (QED) is 0.316. The standard InChI is InChI=1S/C9H18N4/c1-4-8(11-10)9-7-12(2)5-6-13(9)3/h1,8-9,11H,5-7,10H2,2-3H3. The van der Waals surface area contributed by atoms with Crippen molar-refractivity contribution in [3.8, 4) is 12.3 Å². The number of terminal acetylenes is 1. The molecule has 1 heterocycles. The highest BCUT2D eigenvalue weighted by Gasteiger charge is 2.27. The Labute approximate surface area is 80.0 Å². The summed E-state index contributed by atoms with van der Waals surface area (Å²) in [6.45, 7) is 3.10. The zero-order chi connectivity index (χ0) is 9.84. The third-order valence-electron chi connectivity index (χ3n) is 2.64. The fourth-order valence-electron chi connectivity index (χ4n) is 1.67. The second-order valence-electron chi connectivity index (χ2n) is 3.62. The predicted octanol–water partition coefficient (Wildman–Crippen LogP) is -1.30. The third kappa shape index (κ3) is 2.42. The monoisotopic (exact) mass is 182 g/mol. The van der Waals surface area contributed by atoms with Gasteiger partial charge in [-0.1, -0.05) is 5.92 Å². The molecule has 0 spiro atoms. The van der Waals surface area contributed by atoms with Gasteiger partial charge in [-0.2, -0.15) is 0 Å². The van der Waals surface area contributed by atoms with Crippen LogP contribution >= 0.6 is 0 Å². The maximum Gasteiger partial charge on any atom is 0.0981 e. The molecular formula is C9H18N4. The number of piperazine rings is 1. The van der Waals surface area contributed by atoms with Gasteiger partial charge in [-0.25, -0.2) is 5.43 Å². The van der Waals surface area contributed by atoms with E-state index in [2.05, 4.69) is 35.2 Å². The summed E-state index contributed by atoms with van der Waals surface area (Å²) in [6, 6.07) is 0.251. The van der Waals surface area contributed by atoms with Crippen molar-refractivity contribution in [1.29, 1.82) is 0 Å². The number of hydrogen-bond acceptors (Lipinski definition) is 4. The SMILES string of the molecule is C#CC(NN)C1CN(C)CCN1C. The van der Waals surface area contributed by atoms with E-state index >= 15 is 0 Å². The molecule has 3 N–H and O–H groups in total. The zero-order valence-electron chi connectivity index (χ0n) is 8.33. The zero-order valence-corrected chi connectivity index (χ0v) is 8.33. The van der Waals surface area contributed by atoms with Gasteiger partial charge in [-0.15, -0.1) is 6.42 Å². The summed E-state index contributed by atoms with van der Waals surface area (Å²) in [5.74, 6) is 8.05. The molecule has 1 saturated heterocycles. The van der Waals surface area contributed by atoms with Crippen molar-refractivity contribution in [2.24, 2.45) is 5.84 Å². The van der Waals surface area contributed by atoms with Gasteiger partial charge in [-0.3, -0.25) is 10.7 Å². The first kappa shape index (κ1) is 10.5. The lowest BCUT2D eigenvalue weighted by atomic mass is 10.1. The Bertz CT molecular complexity index is 198. The van der Waals surface area contributed by atoms with Gasteiger partial charge in [0.05, 0.1) is 6.04 Å². The van der Waals surface area contributed by atoms with Crippen LogP contribution in [0.4, 0.5) is 0 Å².